The molecule has 0 heterocycles. The second-order valence-electron chi connectivity index (χ2n) is 5.19. The Balaban J connectivity index is 1.99. The molecular formula is C12H25N. The standard InChI is InChI=1S/C12H25N/c1-4-6-11(2)9-13-10-12(3)7-5-8-12/h11,13H,4-10H2,1-3H3. The van der Waals surface area contributed by atoms with Gasteiger partial charge in [0.25, 0.3) is 0 Å². The summed E-state index contributed by atoms with van der Waals surface area (Å²) in [5.74, 6) is 0.855. The van der Waals surface area contributed by atoms with Gasteiger partial charge in [0.1, 0.15) is 0 Å². The van der Waals surface area contributed by atoms with Gasteiger partial charge in [-0.3, -0.25) is 0 Å². The van der Waals surface area contributed by atoms with Crippen molar-refractivity contribution in [1.82, 2.24) is 5.32 Å². The lowest BCUT2D eigenvalue weighted by Crippen LogP contribution is -2.38. The molecule has 1 nitrogen and oxygen atoms in total. The minimum atomic E-state index is 0.645. The van der Waals surface area contributed by atoms with Crippen LogP contribution in [0.25, 0.3) is 0 Å². The summed E-state index contributed by atoms with van der Waals surface area (Å²) in [7, 11) is 0. The van der Waals surface area contributed by atoms with Crippen molar-refractivity contribution in [3.63, 3.8) is 0 Å². The Kier molecular flexibility index (Phi) is 4.24. The molecule has 1 fully saturated rings. The summed E-state index contributed by atoms with van der Waals surface area (Å²) in [6.45, 7) is 9.47. The molecule has 13 heavy (non-hydrogen) atoms. The minimum absolute atomic E-state index is 0.645. The molecule has 0 spiro atoms. The fraction of sp³-hybridized carbons (Fsp3) is 1.00. The summed E-state index contributed by atoms with van der Waals surface area (Å²) in [6.07, 6.45) is 7.00. The van der Waals surface area contributed by atoms with Crippen molar-refractivity contribution in [2.75, 3.05) is 13.1 Å². The highest BCUT2D eigenvalue weighted by atomic mass is 14.9. The summed E-state index contributed by atoms with van der Waals surface area (Å²) in [5.41, 5.74) is 0.645. The molecule has 1 aliphatic carbocycles. The SMILES string of the molecule is CCCC(C)CNCC1(C)CCC1. The van der Waals surface area contributed by atoms with Gasteiger partial charge in [-0.05, 0) is 37.1 Å². The van der Waals surface area contributed by atoms with Crippen LogP contribution in [0.1, 0.15) is 52.9 Å². The van der Waals surface area contributed by atoms with Crippen LogP contribution in [-0.4, -0.2) is 13.1 Å². The van der Waals surface area contributed by atoms with Gasteiger partial charge < -0.3 is 5.32 Å². The van der Waals surface area contributed by atoms with E-state index in [1.54, 1.807) is 0 Å². The number of nitrogens with one attached hydrogen (secondary N) is 1. The summed E-state index contributed by atoms with van der Waals surface area (Å²) >= 11 is 0. The van der Waals surface area contributed by atoms with E-state index >= 15 is 0 Å². The van der Waals surface area contributed by atoms with E-state index < -0.39 is 0 Å². The van der Waals surface area contributed by atoms with Crippen LogP contribution >= 0.6 is 0 Å². The molecule has 0 bridgehead atoms. The monoisotopic (exact) mass is 183 g/mol. The molecule has 0 aromatic heterocycles. The third-order valence-electron chi connectivity index (χ3n) is 3.39. The van der Waals surface area contributed by atoms with Crippen molar-refractivity contribution in [2.45, 2.75) is 52.9 Å². The van der Waals surface area contributed by atoms with Crippen molar-refractivity contribution in [3.05, 3.63) is 0 Å². The van der Waals surface area contributed by atoms with E-state index in [9.17, 15) is 0 Å². The third kappa shape index (κ3) is 3.68. The fourth-order valence-corrected chi connectivity index (χ4v) is 2.17. The van der Waals surface area contributed by atoms with E-state index in [0.717, 1.165) is 5.92 Å². The van der Waals surface area contributed by atoms with Crippen LogP contribution in [0.5, 0.6) is 0 Å². The molecule has 1 atom stereocenters. The molecule has 1 heteroatoms. The Hall–Kier alpha value is -0.0400. The first-order valence-electron chi connectivity index (χ1n) is 5.87. The zero-order valence-corrected chi connectivity index (χ0v) is 9.53. The highest BCUT2D eigenvalue weighted by molar-refractivity contribution is 4.85. The average Bonchev–Trinajstić information content (AvgIpc) is 2.02. The van der Waals surface area contributed by atoms with E-state index in [1.807, 2.05) is 0 Å². The van der Waals surface area contributed by atoms with Crippen LogP contribution in [0.15, 0.2) is 0 Å². The Labute approximate surface area is 83.3 Å². The Morgan fingerprint density at radius 3 is 2.54 bits per heavy atom. The van der Waals surface area contributed by atoms with Gasteiger partial charge in [-0.1, -0.05) is 33.6 Å². The Bertz CT molecular complexity index is 138. The summed E-state index contributed by atoms with van der Waals surface area (Å²) in [5, 5.41) is 3.61. The maximum atomic E-state index is 3.61. The van der Waals surface area contributed by atoms with Gasteiger partial charge in [0.15, 0.2) is 0 Å². The molecule has 0 aliphatic heterocycles. The highest BCUT2D eigenvalue weighted by Gasteiger charge is 2.30. The normalized spacial score (nSPS) is 22.4. The van der Waals surface area contributed by atoms with Crippen molar-refractivity contribution in [1.29, 1.82) is 0 Å². The molecule has 1 aliphatic rings. The van der Waals surface area contributed by atoms with Gasteiger partial charge >= 0.3 is 0 Å². The third-order valence-corrected chi connectivity index (χ3v) is 3.39. The molecule has 1 N–H and O–H groups in total. The zero-order chi connectivity index (χ0) is 9.73. The maximum Gasteiger partial charge on any atom is 0.000527 e. The summed E-state index contributed by atoms with van der Waals surface area (Å²) in [4.78, 5) is 0. The van der Waals surface area contributed by atoms with Crippen LogP contribution in [0.3, 0.4) is 0 Å². The van der Waals surface area contributed by atoms with Crippen molar-refractivity contribution < 1.29 is 0 Å². The Morgan fingerprint density at radius 2 is 2.08 bits per heavy atom. The number of hydrogen-bond acceptors (Lipinski definition) is 1. The van der Waals surface area contributed by atoms with Crippen LogP contribution in [0, 0.1) is 11.3 Å². The topological polar surface area (TPSA) is 12.0 Å². The zero-order valence-electron chi connectivity index (χ0n) is 9.53. The maximum absolute atomic E-state index is 3.61. The molecule has 1 rings (SSSR count). The van der Waals surface area contributed by atoms with E-state index in [4.69, 9.17) is 0 Å². The highest BCUT2D eigenvalue weighted by Crippen LogP contribution is 2.39. The van der Waals surface area contributed by atoms with E-state index in [0.29, 0.717) is 5.41 Å². The molecule has 0 aromatic rings. The Morgan fingerprint density at radius 1 is 1.38 bits per heavy atom. The molecule has 0 saturated heterocycles. The number of rotatable bonds is 6. The first kappa shape index (κ1) is 11.0. The van der Waals surface area contributed by atoms with Gasteiger partial charge in [0.2, 0.25) is 0 Å². The van der Waals surface area contributed by atoms with Crippen LogP contribution in [0.4, 0.5) is 0 Å². The lowest BCUT2D eigenvalue weighted by Gasteiger charge is -2.38. The number of hydrogen-bond donors (Lipinski definition) is 1. The quantitative estimate of drug-likeness (QED) is 0.667. The molecule has 1 saturated carbocycles. The van der Waals surface area contributed by atoms with Crippen molar-refractivity contribution in [3.8, 4) is 0 Å². The first-order chi connectivity index (χ1) is 6.16. The van der Waals surface area contributed by atoms with Crippen LogP contribution in [0.2, 0.25) is 0 Å². The first-order valence-corrected chi connectivity index (χ1v) is 5.87. The second kappa shape index (κ2) is 4.99. The molecule has 78 valence electrons. The summed E-state index contributed by atoms with van der Waals surface area (Å²) in [6, 6.07) is 0. The molecule has 1 unspecified atom stereocenters. The minimum Gasteiger partial charge on any atom is -0.316 e. The predicted octanol–water partition coefficient (Wildman–Crippen LogP) is 3.20. The van der Waals surface area contributed by atoms with Gasteiger partial charge in [-0.2, -0.15) is 0 Å². The fourth-order valence-electron chi connectivity index (χ4n) is 2.17. The molecular weight excluding hydrogens is 158 g/mol. The lowest BCUT2D eigenvalue weighted by atomic mass is 9.70. The van der Waals surface area contributed by atoms with Gasteiger partial charge in [-0.25, -0.2) is 0 Å². The van der Waals surface area contributed by atoms with Crippen molar-refractivity contribution >= 4 is 0 Å². The average molecular weight is 183 g/mol. The lowest BCUT2D eigenvalue weighted by molar-refractivity contribution is 0.154. The molecule has 0 radical (unpaired) electrons. The largest absolute Gasteiger partial charge is 0.316 e. The van der Waals surface area contributed by atoms with Gasteiger partial charge in [0.05, 0.1) is 0 Å². The van der Waals surface area contributed by atoms with Gasteiger partial charge in [0, 0.05) is 6.54 Å². The van der Waals surface area contributed by atoms with E-state index in [-0.39, 0.29) is 0 Å². The second-order valence-corrected chi connectivity index (χ2v) is 5.19. The van der Waals surface area contributed by atoms with Crippen molar-refractivity contribution in [2.24, 2.45) is 11.3 Å². The van der Waals surface area contributed by atoms with Crippen LogP contribution in [-0.2, 0) is 0 Å². The van der Waals surface area contributed by atoms with Gasteiger partial charge in [-0.15, -0.1) is 0 Å². The van der Waals surface area contributed by atoms with E-state index in [1.165, 1.54) is 45.2 Å². The summed E-state index contributed by atoms with van der Waals surface area (Å²) < 4.78 is 0. The predicted molar refractivity (Wildman–Crippen MR) is 58.9 cm³/mol. The van der Waals surface area contributed by atoms with Crippen LogP contribution < -0.4 is 5.32 Å². The van der Waals surface area contributed by atoms with E-state index in [2.05, 4.69) is 26.1 Å². The smallest absolute Gasteiger partial charge is 0.000527 e. The molecule has 0 amide bonds. The molecule has 0 aromatic carbocycles.